The van der Waals surface area contributed by atoms with E-state index in [-0.39, 0.29) is 0 Å². The van der Waals surface area contributed by atoms with Gasteiger partial charge in [-0.2, -0.15) is 0 Å². The van der Waals surface area contributed by atoms with Crippen LogP contribution in [0.3, 0.4) is 0 Å². The minimum atomic E-state index is 0.327. The molecule has 1 N–H and O–H groups in total. The lowest BCUT2D eigenvalue weighted by atomic mass is 10.1. The van der Waals surface area contributed by atoms with Crippen LogP contribution >= 0.6 is 0 Å². The number of pyridine rings is 1. The summed E-state index contributed by atoms with van der Waals surface area (Å²) in [6.07, 6.45) is 2.32. The summed E-state index contributed by atoms with van der Waals surface area (Å²) >= 11 is 0. The molecule has 2 heterocycles. The van der Waals surface area contributed by atoms with E-state index >= 15 is 0 Å². The summed E-state index contributed by atoms with van der Waals surface area (Å²) in [6, 6.07) is 6.60. The number of rotatable bonds is 6. The monoisotopic (exact) mass is 264 g/mol. The second kappa shape index (κ2) is 7.58. The van der Waals surface area contributed by atoms with E-state index in [0.29, 0.717) is 18.8 Å². The molecular formula is C15H24N2O2. The van der Waals surface area contributed by atoms with Crippen molar-refractivity contribution in [2.45, 2.75) is 52.0 Å². The van der Waals surface area contributed by atoms with Crippen molar-refractivity contribution in [3.05, 3.63) is 29.6 Å². The Labute approximate surface area is 115 Å². The van der Waals surface area contributed by atoms with Crippen LogP contribution in [-0.2, 0) is 22.6 Å². The minimum Gasteiger partial charge on any atom is -0.381 e. The molecule has 2 rings (SSSR count). The van der Waals surface area contributed by atoms with Gasteiger partial charge in [0.1, 0.15) is 0 Å². The highest BCUT2D eigenvalue weighted by molar-refractivity contribution is 5.10. The molecule has 0 saturated carbocycles. The molecule has 0 spiro atoms. The van der Waals surface area contributed by atoms with Crippen molar-refractivity contribution in [1.82, 2.24) is 10.3 Å². The number of aromatic nitrogens is 1. The molecule has 0 aromatic carbocycles. The summed E-state index contributed by atoms with van der Waals surface area (Å²) in [7, 11) is 0. The molecule has 106 valence electrons. The number of nitrogens with one attached hydrogen (secondary N) is 1. The maximum atomic E-state index is 5.89. The first kappa shape index (κ1) is 14.4. The van der Waals surface area contributed by atoms with E-state index in [0.717, 1.165) is 44.0 Å². The normalized spacial score (nSPS) is 17.0. The third kappa shape index (κ3) is 5.27. The van der Waals surface area contributed by atoms with Gasteiger partial charge in [0.25, 0.3) is 0 Å². The van der Waals surface area contributed by atoms with Crippen molar-refractivity contribution < 1.29 is 9.47 Å². The SMILES string of the molecule is CC(C)NCc1cccc(COC2CCOCC2)n1. The fourth-order valence-corrected chi connectivity index (χ4v) is 2.06. The lowest BCUT2D eigenvalue weighted by Crippen LogP contribution is -2.24. The van der Waals surface area contributed by atoms with Crippen molar-refractivity contribution in [3.63, 3.8) is 0 Å². The maximum absolute atomic E-state index is 5.89. The third-order valence-corrected chi connectivity index (χ3v) is 3.19. The Morgan fingerprint density at radius 3 is 2.79 bits per heavy atom. The first-order valence-electron chi connectivity index (χ1n) is 7.11. The Bertz CT molecular complexity index is 376. The Morgan fingerprint density at radius 1 is 1.32 bits per heavy atom. The first-order chi connectivity index (χ1) is 9.24. The molecule has 0 unspecified atom stereocenters. The average molecular weight is 264 g/mol. The largest absolute Gasteiger partial charge is 0.381 e. The van der Waals surface area contributed by atoms with Crippen LogP contribution in [0.1, 0.15) is 38.1 Å². The van der Waals surface area contributed by atoms with Crippen LogP contribution in [0.2, 0.25) is 0 Å². The van der Waals surface area contributed by atoms with E-state index in [2.05, 4.69) is 24.1 Å². The molecule has 1 aliphatic heterocycles. The molecule has 0 atom stereocenters. The lowest BCUT2D eigenvalue weighted by Gasteiger charge is -2.22. The van der Waals surface area contributed by atoms with E-state index < -0.39 is 0 Å². The predicted molar refractivity (Wildman–Crippen MR) is 74.8 cm³/mol. The van der Waals surface area contributed by atoms with Gasteiger partial charge >= 0.3 is 0 Å². The summed E-state index contributed by atoms with van der Waals surface area (Å²) in [6.45, 7) is 7.31. The van der Waals surface area contributed by atoms with Crippen LogP contribution in [0.15, 0.2) is 18.2 Å². The molecule has 0 aliphatic carbocycles. The van der Waals surface area contributed by atoms with E-state index in [1.54, 1.807) is 0 Å². The van der Waals surface area contributed by atoms with Crippen molar-refractivity contribution in [2.75, 3.05) is 13.2 Å². The van der Waals surface area contributed by atoms with Gasteiger partial charge in [0.05, 0.1) is 24.1 Å². The molecule has 19 heavy (non-hydrogen) atoms. The fourth-order valence-electron chi connectivity index (χ4n) is 2.06. The van der Waals surface area contributed by atoms with Crippen LogP contribution in [0.5, 0.6) is 0 Å². The molecule has 1 fully saturated rings. The second-order valence-corrected chi connectivity index (χ2v) is 5.28. The van der Waals surface area contributed by atoms with Crippen LogP contribution in [-0.4, -0.2) is 30.3 Å². The van der Waals surface area contributed by atoms with E-state index in [1.807, 2.05) is 18.2 Å². The molecule has 1 aromatic rings. The average Bonchev–Trinajstić information content (AvgIpc) is 2.44. The smallest absolute Gasteiger partial charge is 0.0891 e. The van der Waals surface area contributed by atoms with Crippen LogP contribution in [0.4, 0.5) is 0 Å². The number of hydrogen-bond donors (Lipinski definition) is 1. The van der Waals surface area contributed by atoms with Crippen molar-refractivity contribution in [1.29, 1.82) is 0 Å². The van der Waals surface area contributed by atoms with Gasteiger partial charge in [-0.1, -0.05) is 19.9 Å². The zero-order chi connectivity index (χ0) is 13.5. The highest BCUT2D eigenvalue weighted by Crippen LogP contribution is 2.12. The summed E-state index contributed by atoms with van der Waals surface area (Å²) < 4.78 is 11.2. The topological polar surface area (TPSA) is 43.4 Å². The van der Waals surface area contributed by atoms with E-state index in [1.165, 1.54) is 0 Å². The first-order valence-corrected chi connectivity index (χ1v) is 7.11. The molecule has 0 amide bonds. The predicted octanol–water partition coefficient (Wildman–Crippen LogP) is 2.28. The van der Waals surface area contributed by atoms with E-state index in [4.69, 9.17) is 9.47 Å². The van der Waals surface area contributed by atoms with Crippen molar-refractivity contribution in [3.8, 4) is 0 Å². The zero-order valence-electron chi connectivity index (χ0n) is 11.9. The van der Waals surface area contributed by atoms with Crippen LogP contribution in [0, 0.1) is 0 Å². The van der Waals surface area contributed by atoms with Crippen LogP contribution in [0.25, 0.3) is 0 Å². The highest BCUT2D eigenvalue weighted by atomic mass is 16.5. The Balaban J connectivity index is 1.80. The minimum absolute atomic E-state index is 0.327. The van der Waals surface area contributed by atoms with E-state index in [9.17, 15) is 0 Å². The molecule has 0 radical (unpaired) electrons. The fraction of sp³-hybridized carbons (Fsp3) is 0.667. The zero-order valence-corrected chi connectivity index (χ0v) is 11.9. The molecule has 4 heteroatoms. The van der Waals surface area contributed by atoms with Gasteiger partial charge in [-0.3, -0.25) is 4.98 Å². The molecule has 1 aliphatic rings. The van der Waals surface area contributed by atoms with Gasteiger partial charge in [-0.25, -0.2) is 0 Å². The molecule has 0 bridgehead atoms. The van der Waals surface area contributed by atoms with Gasteiger partial charge in [0, 0.05) is 25.8 Å². The van der Waals surface area contributed by atoms with Crippen molar-refractivity contribution in [2.24, 2.45) is 0 Å². The van der Waals surface area contributed by atoms with Crippen molar-refractivity contribution >= 4 is 0 Å². The number of ether oxygens (including phenoxy) is 2. The molecule has 1 saturated heterocycles. The summed E-state index contributed by atoms with van der Waals surface area (Å²) in [5.74, 6) is 0. The Hall–Kier alpha value is -0.970. The van der Waals surface area contributed by atoms with Gasteiger partial charge in [0.2, 0.25) is 0 Å². The Kier molecular flexibility index (Phi) is 5.76. The second-order valence-electron chi connectivity index (χ2n) is 5.28. The van der Waals surface area contributed by atoms with Gasteiger partial charge in [0.15, 0.2) is 0 Å². The van der Waals surface area contributed by atoms with Gasteiger partial charge < -0.3 is 14.8 Å². The quantitative estimate of drug-likeness (QED) is 0.856. The third-order valence-electron chi connectivity index (χ3n) is 3.19. The summed E-state index contributed by atoms with van der Waals surface area (Å²) in [5, 5.41) is 3.37. The molecule has 1 aromatic heterocycles. The Morgan fingerprint density at radius 2 is 2.05 bits per heavy atom. The number of hydrogen-bond acceptors (Lipinski definition) is 4. The standard InChI is InChI=1S/C15H24N2O2/c1-12(2)16-10-13-4-3-5-14(17-13)11-19-15-6-8-18-9-7-15/h3-5,12,15-16H,6-11H2,1-2H3. The van der Waals surface area contributed by atoms with Gasteiger partial charge in [-0.15, -0.1) is 0 Å². The van der Waals surface area contributed by atoms with Crippen LogP contribution < -0.4 is 5.32 Å². The van der Waals surface area contributed by atoms with Gasteiger partial charge in [-0.05, 0) is 25.0 Å². The maximum Gasteiger partial charge on any atom is 0.0891 e. The lowest BCUT2D eigenvalue weighted by molar-refractivity contribution is -0.0399. The summed E-state index contributed by atoms with van der Waals surface area (Å²) in [5.41, 5.74) is 2.08. The molecule has 4 nitrogen and oxygen atoms in total. The number of nitrogens with zero attached hydrogens (tertiary/aromatic N) is 1. The summed E-state index contributed by atoms with van der Waals surface area (Å²) in [4.78, 5) is 4.61. The highest BCUT2D eigenvalue weighted by Gasteiger charge is 2.14. The molecular weight excluding hydrogens is 240 g/mol.